The monoisotopic (exact) mass is 497 g/mol. The molecule has 2 aromatic carbocycles. The Kier molecular flexibility index (Phi) is 9.68. The van der Waals surface area contributed by atoms with Crippen LogP contribution in [0.15, 0.2) is 49.1 Å². The van der Waals surface area contributed by atoms with Crippen molar-refractivity contribution in [2.24, 2.45) is 0 Å². The maximum absolute atomic E-state index is 12.8. The molecular formula is C30H40ClNO3. The van der Waals surface area contributed by atoms with E-state index in [-0.39, 0.29) is 11.9 Å². The van der Waals surface area contributed by atoms with E-state index in [4.69, 9.17) is 21.1 Å². The van der Waals surface area contributed by atoms with Gasteiger partial charge in [0.1, 0.15) is 18.0 Å². The number of ether oxygens (including phenoxy) is 2. The summed E-state index contributed by atoms with van der Waals surface area (Å²) in [6.45, 7) is 13.8. The molecule has 1 aliphatic rings. The molecule has 3 rings (SSSR count). The lowest BCUT2D eigenvalue weighted by atomic mass is 9.99. The number of carbonyl (C=O) groups is 1. The summed E-state index contributed by atoms with van der Waals surface area (Å²) in [6, 6.07) is 12.2. The summed E-state index contributed by atoms with van der Waals surface area (Å²) in [5.74, 6) is 0.276. The number of nitrogens with zero attached hydrogens (tertiary/aromatic N) is 1. The molecule has 0 N–H and O–H groups in total. The van der Waals surface area contributed by atoms with Crippen LogP contribution in [0.5, 0.6) is 5.75 Å². The molecule has 1 heterocycles. The second kappa shape index (κ2) is 12.5. The Morgan fingerprint density at radius 3 is 2.71 bits per heavy atom. The maximum atomic E-state index is 12.8. The van der Waals surface area contributed by atoms with E-state index in [2.05, 4.69) is 29.7 Å². The molecule has 1 atom stereocenters. The van der Waals surface area contributed by atoms with Crippen molar-refractivity contribution in [3.8, 4) is 5.75 Å². The van der Waals surface area contributed by atoms with Gasteiger partial charge in [0, 0.05) is 18.1 Å². The van der Waals surface area contributed by atoms with Crippen LogP contribution < -0.4 is 9.64 Å². The van der Waals surface area contributed by atoms with Gasteiger partial charge in [0.25, 0.3) is 0 Å². The fourth-order valence-corrected chi connectivity index (χ4v) is 4.58. The second-order valence-electron chi connectivity index (χ2n) is 10.4. The average Bonchev–Trinajstić information content (AvgIpc) is 2.83. The van der Waals surface area contributed by atoms with Crippen LogP contribution >= 0.6 is 11.6 Å². The molecule has 2 aromatic rings. The van der Waals surface area contributed by atoms with Crippen molar-refractivity contribution >= 4 is 23.3 Å². The normalized spacial score (nSPS) is 15.2. The van der Waals surface area contributed by atoms with Gasteiger partial charge < -0.3 is 14.4 Å². The van der Waals surface area contributed by atoms with Crippen molar-refractivity contribution in [1.29, 1.82) is 0 Å². The number of hydrogen-bond acceptors (Lipinski definition) is 4. The van der Waals surface area contributed by atoms with Crippen molar-refractivity contribution in [3.05, 3.63) is 70.8 Å². The Hall–Kier alpha value is -2.46. The predicted molar refractivity (Wildman–Crippen MR) is 146 cm³/mol. The van der Waals surface area contributed by atoms with Crippen LogP contribution in [0, 0.1) is 0 Å². The minimum absolute atomic E-state index is 0.210. The zero-order valence-electron chi connectivity index (χ0n) is 21.7. The van der Waals surface area contributed by atoms with Gasteiger partial charge >= 0.3 is 5.97 Å². The lowest BCUT2D eigenvalue weighted by molar-refractivity contribution is -0.156. The van der Waals surface area contributed by atoms with Crippen LogP contribution in [0.25, 0.3) is 0 Å². The summed E-state index contributed by atoms with van der Waals surface area (Å²) in [5, 5.41) is 0.767. The third-order valence-corrected chi connectivity index (χ3v) is 6.58. The van der Waals surface area contributed by atoms with E-state index in [1.807, 2.05) is 52.0 Å². The highest BCUT2D eigenvalue weighted by Crippen LogP contribution is 2.35. The first-order valence-electron chi connectivity index (χ1n) is 12.8. The van der Waals surface area contributed by atoms with E-state index < -0.39 is 5.60 Å². The van der Waals surface area contributed by atoms with Gasteiger partial charge in [0.15, 0.2) is 0 Å². The zero-order chi connectivity index (χ0) is 25.4. The first-order valence-corrected chi connectivity index (χ1v) is 13.2. The van der Waals surface area contributed by atoms with Crippen molar-refractivity contribution in [2.75, 3.05) is 18.0 Å². The topological polar surface area (TPSA) is 38.8 Å². The van der Waals surface area contributed by atoms with Gasteiger partial charge in [-0.25, -0.2) is 0 Å². The molecule has 5 heteroatoms. The summed E-state index contributed by atoms with van der Waals surface area (Å²) < 4.78 is 12.1. The molecule has 0 saturated heterocycles. The third kappa shape index (κ3) is 8.03. The molecule has 0 bridgehead atoms. The number of benzene rings is 2. The van der Waals surface area contributed by atoms with E-state index in [0.29, 0.717) is 6.61 Å². The van der Waals surface area contributed by atoms with Crippen LogP contribution in [0.2, 0.25) is 5.02 Å². The molecule has 0 aliphatic carbocycles. The Morgan fingerprint density at radius 2 is 1.97 bits per heavy atom. The van der Waals surface area contributed by atoms with E-state index in [1.165, 1.54) is 11.1 Å². The lowest BCUT2D eigenvalue weighted by Crippen LogP contribution is -2.28. The molecule has 190 valence electrons. The molecule has 0 aromatic heterocycles. The molecule has 4 nitrogen and oxygen atoms in total. The SMILES string of the molecule is C=CCCCCN1CCCCc2cc(Cl)ccc2COc2ccc([C@H](C)C(=O)OC(C)(C)C)cc21. The number of esters is 1. The number of fused-ring (bicyclic) bond motifs is 2. The van der Waals surface area contributed by atoms with Crippen molar-refractivity contribution in [2.45, 2.75) is 84.3 Å². The van der Waals surface area contributed by atoms with Crippen LogP contribution in [-0.4, -0.2) is 24.7 Å². The van der Waals surface area contributed by atoms with Gasteiger partial charge in [-0.05, 0) is 107 Å². The van der Waals surface area contributed by atoms with Crippen LogP contribution in [0.4, 0.5) is 5.69 Å². The minimum Gasteiger partial charge on any atom is -0.487 e. The van der Waals surface area contributed by atoms with Gasteiger partial charge in [-0.1, -0.05) is 29.8 Å². The molecule has 0 unspecified atom stereocenters. The van der Waals surface area contributed by atoms with Crippen LogP contribution in [0.3, 0.4) is 0 Å². The van der Waals surface area contributed by atoms with E-state index in [9.17, 15) is 4.79 Å². The van der Waals surface area contributed by atoms with Crippen molar-refractivity contribution in [1.82, 2.24) is 0 Å². The highest BCUT2D eigenvalue weighted by molar-refractivity contribution is 6.30. The number of allylic oxidation sites excluding steroid dienone is 1. The zero-order valence-corrected chi connectivity index (χ0v) is 22.5. The first-order chi connectivity index (χ1) is 16.7. The predicted octanol–water partition coefficient (Wildman–Crippen LogP) is 7.86. The number of halogens is 1. The summed E-state index contributed by atoms with van der Waals surface area (Å²) in [7, 11) is 0. The molecule has 0 radical (unpaired) electrons. The Bertz CT molecular complexity index is 1010. The Morgan fingerprint density at radius 1 is 1.17 bits per heavy atom. The average molecular weight is 498 g/mol. The third-order valence-electron chi connectivity index (χ3n) is 6.35. The highest BCUT2D eigenvalue weighted by Gasteiger charge is 2.25. The minimum atomic E-state index is -0.514. The number of hydrogen-bond donors (Lipinski definition) is 0. The number of unbranched alkanes of at least 4 members (excludes halogenated alkanes) is 2. The second-order valence-corrected chi connectivity index (χ2v) is 10.8. The summed E-state index contributed by atoms with van der Waals surface area (Å²) in [4.78, 5) is 15.2. The highest BCUT2D eigenvalue weighted by atomic mass is 35.5. The van der Waals surface area contributed by atoms with Crippen LogP contribution in [0.1, 0.15) is 82.4 Å². The number of carbonyl (C=O) groups excluding carboxylic acids is 1. The van der Waals surface area contributed by atoms with E-state index in [1.54, 1.807) is 0 Å². The van der Waals surface area contributed by atoms with Gasteiger partial charge in [0.2, 0.25) is 0 Å². The summed E-state index contributed by atoms with van der Waals surface area (Å²) in [5.41, 5.74) is 3.91. The van der Waals surface area contributed by atoms with Gasteiger partial charge in [-0.2, -0.15) is 0 Å². The van der Waals surface area contributed by atoms with E-state index in [0.717, 1.165) is 73.6 Å². The number of aryl methyl sites for hydroxylation is 1. The van der Waals surface area contributed by atoms with Gasteiger partial charge in [0.05, 0.1) is 11.6 Å². The molecule has 1 aliphatic heterocycles. The number of rotatable bonds is 7. The molecule has 0 amide bonds. The Balaban J connectivity index is 1.93. The molecule has 0 spiro atoms. The fourth-order valence-electron chi connectivity index (χ4n) is 4.38. The maximum Gasteiger partial charge on any atom is 0.313 e. The Labute approximate surface area is 216 Å². The number of anilines is 1. The smallest absolute Gasteiger partial charge is 0.313 e. The van der Waals surface area contributed by atoms with Crippen molar-refractivity contribution < 1.29 is 14.3 Å². The fraction of sp³-hybridized carbons (Fsp3) is 0.500. The quantitative estimate of drug-likeness (QED) is 0.221. The summed E-state index contributed by atoms with van der Waals surface area (Å²) in [6.07, 6.45) is 8.32. The van der Waals surface area contributed by atoms with Gasteiger partial charge in [-0.15, -0.1) is 6.58 Å². The van der Waals surface area contributed by atoms with E-state index >= 15 is 0 Å². The van der Waals surface area contributed by atoms with Crippen LogP contribution in [-0.2, 0) is 22.6 Å². The molecular weight excluding hydrogens is 458 g/mol. The summed E-state index contributed by atoms with van der Waals surface area (Å²) >= 11 is 6.28. The lowest BCUT2D eigenvalue weighted by Gasteiger charge is -2.28. The largest absolute Gasteiger partial charge is 0.487 e. The molecule has 35 heavy (non-hydrogen) atoms. The standard InChI is InChI=1S/C30H40ClNO3/c1-6-7-8-10-17-32-18-11-9-12-24-19-26(31)15-13-25(24)21-34-28-16-14-23(20-27(28)32)22(2)29(33)35-30(3,4)5/h6,13-16,19-20,22H,1,7-12,17-18,21H2,2-5H3/t22-/m0/s1. The first kappa shape index (κ1) is 27.1. The molecule has 0 saturated carbocycles. The molecule has 0 fully saturated rings. The van der Waals surface area contributed by atoms with Gasteiger partial charge in [-0.3, -0.25) is 4.79 Å². The van der Waals surface area contributed by atoms with Crippen molar-refractivity contribution in [3.63, 3.8) is 0 Å².